The van der Waals surface area contributed by atoms with Gasteiger partial charge < -0.3 is 16.0 Å². The molecule has 2 rings (SSSR count). The zero-order chi connectivity index (χ0) is 12.8. The van der Waals surface area contributed by atoms with Gasteiger partial charge in [0, 0.05) is 31.0 Å². The van der Waals surface area contributed by atoms with Crippen molar-refractivity contribution in [1.82, 2.24) is 10.3 Å². The van der Waals surface area contributed by atoms with Crippen molar-refractivity contribution in [2.75, 3.05) is 6.54 Å². The number of amides is 1. The van der Waals surface area contributed by atoms with Gasteiger partial charge >= 0.3 is 0 Å². The standard InChI is InChI=1S/C14H17N3O/c15-9-12-2-1-3-13(8-12)14(18)17-7-5-11-4-6-16-10-11/h1-4,6,8,10,16H,5,7,9,15H2,(H,17,18). The lowest BCUT2D eigenvalue weighted by Gasteiger charge is -2.05. The van der Waals surface area contributed by atoms with E-state index in [0.29, 0.717) is 18.7 Å². The summed E-state index contributed by atoms with van der Waals surface area (Å²) in [6, 6.07) is 9.39. The topological polar surface area (TPSA) is 70.9 Å². The maximum absolute atomic E-state index is 11.9. The summed E-state index contributed by atoms with van der Waals surface area (Å²) in [6.45, 7) is 1.08. The van der Waals surface area contributed by atoms with Gasteiger partial charge in [-0.15, -0.1) is 0 Å². The van der Waals surface area contributed by atoms with Crippen LogP contribution in [0.3, 0.4) is 0 Å². The molecule has 0 unspecified atom stereocenters. The molecule has 4 nitrogen and oxygen atoms in total. The van der Waals surface area contributed by atoms with Gasteiger partial charge in [-0.1, -0.05) is 12.1 Å². The molecule has 2 aromatic rings. The van der Waals surface area contributed by atoms with Gasteiger partial charge in [-0.3, -0.25) is 4.79 Å². The lowest BCUT2D eigenvalue weighted by atomic mass is 10.1. The zero-order valence-corrected chi connectivity index (χ0v) is 10.1. The molecule has 0 radical (unpaired) electrons. The van der Waals surface area contributed by atoms with Crippen LogP contribution in [0.4, 0.5) is 0 Å². The van der Waals surface area contributed by atoms with Crippen LogP contribution in [0.5, 0.6) is 0 Å². The number of H-pyrrole nitrogens is 1. The first-order valence-corrected chi connectivity index (χ1v) is 5.98. The minimum Gasteiger partial charge on any atom is -0.367 e. The fraction of sp³-hybridized carbons (Fsp3) is 0.214. The summed E-state index contributed by atoms with van der Waals surface area (Å²) in [5, 5.41) is 2.89. The van der Waals surface area contributed by atoms with Crippen molar-refractivity contribution < 1.29 is 4.79 Å². The highest BCUT2D eigenvalue weighted by Crippen LogP contribution is 2.04. The SMILES string of the molecule is NCc1cccc(C(=O)NCCc2cc[nH]c2)c1. The van der Waals surface area contributed by atoms with Gasteiger partial charge in [0.25, 0.3) is 5.91 Å². The highest BCUT2D eigenvalue weighted by Gasteiger charge is 2.05. The van der Waals surface area contributed by atoms with E-state index < -0.39 is 0 Å². The van der Waals surface area contributed by atoms with E-state index in [4.69, 9.17) is 5.73 Å². The van der Waals surface area contributed by atoms with Crippen LogP contribution in [0.25, 0.3) is 0 Å². The van der Waals surface area contributed by atoms with Gasteiger partial charge in [-0.05, 0) is 35.7 Å². The summed E-state index contributed by atoms with van der Waals surface area (Å²) < 4.78 is 0. The normalized spacial score (nSPS) is 10.3. The van der Waals surface area contributed by atoms with Crippen LogP contribution in [0, 0.1) is 0 Å². The number of carbonyl (C=O) groups excluding carboxylic acids is 1. The molecule has 0 aliphatic heterocycles. The van der Waals surface area contributed by atoms with Crippen LogP contribution in [-0.2, 0) is 13.0 Å². The lowest BCUT2D eigenvalue weighted by molar-refractivity contribution is 0.0954. The highest BCUT2D eigenvalue weighted by molar-refractivity contribution is 5.94. The predicted molar refractivity (Wildman–Crippen MR) is 71.2 cm³/mol. The van der Waals surface area contributed by atoms with Crippen LogP contribution >= 0.6 is 0 Å². The van der Waals surface area contributed by atoms with E-state index in [1.54, 1.807) is 6.07 Å². The Morgan fingerprint density at radius 3 is 2.89 bits per heavy atom. The van der Waals surface area contributed by atoms with Crippen molar-refractivity contribution in [1.29, 1.82) is 0 Å². The van der Waals surface area contributed by atoms with Crippen molar-refractivity contribution in [3.63, 3.8) is 0 Å². The van der Waals surface area contributed by atoms with Gasteiger partial charge in [0.1, 0.15) is 0 Å². The summed E-state index contributed by atoms with van der Waals surface area (Å²) in [5.41, 5.74) is 8.36. The molecule has 0 atom stereocenters. The first-order chi connectivity index (χ1) is 8.79. The van der Waals surface area contributed by atoms with Crippen molar-refractivity contribution in [2.45, 2.75) is 13.0 Å². The number of rotatable bonds is 5. The van der Waals surface area contributed by atoms with Crippen molar-refractivity contribution in [3.8, 4) is 0 Å². The summed E-state index contributed by atoms with van der Waals surface area (Å²) >= 11 is 0. The van der Waals surface area contributed by atoms with Crippen LogP contribution in [-0.4, -0.2) is 17.4 Å². The Balaban J connectivity index is 1.87. The van der Waals surface area contributed by atoms with Gasteiger partial charge in [0.15, 0.2) is 0 Å². The Hall–Kier alpha value is -2.07. The molecular weight excluding hydrogens is 226 g/mol. The molecule has 0 saturated carbocycles. The zero-order valence-electron chi connectivity index (χ0n) is 10.1. The van der Waals surface area contributed by atoms with Crippen LogP contribution in [0.1, 0.15) is 21.5 Å². The van der Waals surface area contributed by atoms with E-state index in [1.807, 2.05) is 36.7 Å². The van der Waals surface area contributed by atoms with Crippen LogP contribution < -0.4 is 11.1 Å². The smallest absolute Gasteiger partial charge is 0.251 e. The van der Waals surface area contributed by atoms with E-state index in [0.717, 1.165) is 12.0 Å². The molecule has 0 aliphatic carbocycles. The first kappa shape index (κ1) is 12.4. The molecule has 0 fully saturated rings. The van der Waals surface area contributed by atoms with Gasteiger partial charge in [0.05, 0.1) is 0 Å². The van der Waals surface area contributed by atoms with E-state index in [-0.39, 0.29) is 5.91 Å². The molecule has 4 N–H and O–H groups in total. The van der Waals surface area contributed by atoms with E-state index >= 15 is 0 Å². The second-order valence-electron chi connectivity index (χ2n) is 4.13. The van der Waals surface area contributed by atoms with Crippen molar-refractivity contribution in [2.24, 2.45) is 5.73 Å². The average molecular weight is 243 g/mol. The molecule has 94 valence electrons. The summed E-state index contributed by atoms with van der Waals surface area (Å²) in [4.78, 5) is 14.9. The van der Waals surface area contributed by atoms with E-state index in [9.17, 15) is 4.79 Å². The molecule has 18 heavy (non-hydrogen) atoms. The minimum atomic E-state index is -0.0548. The van der Waals surface area contributed by atoms with Crippen LogP contribution in [0.15, 0.2) is 42.7 Å². The Labute approximate surface area is 106 Å². The Morgan fingerprint density at radius 1 is 1.28 bits per heavy atom. The number of nitrogens with one attached hydrogen (secondary N) is 2. The Kier molecular flexibility index (Phi) is 4.15. The molecule has 1 heterocycles. The maximum Gasteiger partial charge on any atom is 0.251 e. The molecule has 1 aromatic carbocycles. The summed E-state index contributed by atoms with van der Waals surface area (Å²) in [6.07, 6.45) is 4.63. The average Bonchev–Trinajstić information content (AvgIpc) is 2.92. The molecule has 4 heteroatoms. The van der Waals surface area contributed by atoms with E-state index in [1.165, 1.54) is 5.56 Å². The van der Waals surface area contributed by atoms with Gasteiger partial charge in [-0.25, -0.2) is 0 Å². The second kappa shape index (κ2) is 6.02. The third-order valence-electron chi connectivity index (χ3n) is 2.79. The minimum absolute atomic E-state index is 0.0548. The lowest BCUT2D eigenvalue weighted by Crippen LogP contribution is -2.25. The molecule has 0 bridgehead atoms. The number of nitrogens with two attached hydrogens (primary N) is 1. The number of benzene rings is 1. The van der Waals surface area contributed by atoms with Gasteiger partial charge in [-0.2, -0.15) is 0 Å². The fourth-order valence-electron chi connectivity index (χ4n) is 1.78. The van der Waals surface area contributed by atoms with E-state index in [2.05, 4.69) is 10.3 Å². The number of aromatic nitrogens is 1. The number of hydrogen-bond donors (Lipinski definition) is 3. The molecule has 0 saturated heterocycles. The Bertz CT molecular complexity index is 506. The number of hydrogen-bond acceptors (Lipinski definition) is 2. The largest absolute Gasteiger partial charge is 0.367 e. The third-order valence-corrected chi connectivity index (χ3v) is 2.79. The highest BCUT2D eigenvalue weighted by atomic mass is 16.1. The summed E-state index contributed by atoms with van der Waals surface area (Å²) in [7, 11) is 0. The fourth-order valence-corrected chi connectivity index (χ4v) is 1.78. The molecule has 1 amide bonds. The monoisotopic (exact) mass is 243 g/mol. The molecule has 1 aromatic heterocycles. The molecule has 0 aliphatic rings. The number of aromatic amines is 1. The van der Waals surface area contributed by atoms with Gasteiger partial charge in [0.2, 0.25) is 0 Å². The van der Waals surface area contributed by atoms with Crippen molar-refractivity contribution in [3.05, 3.63) is 59.4 Å². The van der Waals surface area contributed by atoms with Crippen LogP contribution in [0.2, 0.25) is 0 Å². The second-order valence-corrected chi connectivity index (χ2v) is 4.13. The van der Waals surface area contributed by atoms with Crippen molar-refractivity contribution >= 4 is 5.91 Å². The maximum atomic E-state index is 11.9. The quantitative estimate of drug-likeness (QED) is 0.743. The molecular formula is C14H17N3O. The first-order valence-electron chi connectivity index (χ1n) is 5.98. The predicted octanol–water partition coefficient (Wildman–Crippen LogP) is 1.45. The molecule has 0 spiro atoms. The number of carbonyl (C=O) groups is 1. The summed E-state index contributed by atoms with van der Waals surface area (Å²) in [5.74, 6) is -0.0548. The Morgan fingerprint density at radius 2 is 2.17 bits per heavy atom. The third kappa shape index (κ3) is 3.21.